The second kappa shape index (κ2) is 10.2. The monoisotopic (exact) mass is 409 g/mol. The molecule has 7 heteroatoms. The molecule has 0 saturated carbocycles. The van der Waals surface area contributed by atoms with E-state index in [0.717, 1.165) is 22.8 Å². The number of carbonyl (C=O) groups excluding carboxylic acids is 4. The zero-order valence-electron chi connectivity index (χ0n) is 17.3. The number of esters is 2. The molecular formula is C23H23NO6. The van der Waals surface area contributed by atoms with Crippen LogP contribution < -0.4 is 14.8 Å². The molecule has 2 aromatic rings. The molecule has 0 heterocycles. The van der Waals surface area contributed by atoms with Crippen LogP contribution in [0, 0.1) is 13.8 Å². The van der Waals surface area contributed by atoms with Gasteiger partial charge in [0.2, 0.25) is 5.91 Å². The Labute approximate surface area is 174 Å². The first-order chi connectivity index (χ1) is 14.1. The van der Waals surface area contributed by atoms with Crippen molar-refractivity contribution in [2.75, 3.05) is 5.32 Å². The van der Waals surface area contributed by atoms with E-state index in [0.29, 0.717) is 5.69 Å². The molecule has 156 valence electrons. The van der Waals surface area contributed by atoms with E-state index in [1.807, 2.05) is 32.0 Å². The van der Waals surface area contributed by atoms with E-state index in [2.05, 4.69) is 5.32 Å². The van der Waals surface area contributed by atoms with Gasteiger partial charge in [-0.15, -0.1) is 0 Å². The predicted molar refractivity (Wildman–Crippen MR) is 111 cm³/mol. The van der Waals surface area contributed by atoms with Crippen LogP contribution in [0.15, 0.2) is 48.6 Å². The summed E-state index contributed by atoms with van der Waals surface area (Å²) in [5, 5.41) is 2.56. The van der Waals surface area contributed by atoms with Gasteiger partial charge in [0.1, 0.15) is 0 Å². The molecule has 0 spiro atoms. The molecule has 7 nitrogen and oxygen atoms in total. The number of hydrogen-bond acceptors (Lipinski definition) is 6. The van der Waals surface area contributed by atoms with Gasteiger partial charge in [-0.1, -0.05) is 18.2 Å². The van der Waals surface area contributed by atoms with E-state index < -0.39 is 17.8 Å². The van der Waals surface area contributed by atoms with Crippen molar-refractivity contribution in [1.82, 2.24) is 0 Å². The standard InChI is InChI=1S/C23H23NO6/c1-14-5-6-18(11-15(14)2)12-20(27)8-10-23(28)24-19-7-9-21(29-16(3)25)22(13-19)30-17(4)26/h5-11,13H,12H2,1-4H3,(H,24,28)/b10-8+. The minimum atomic E-state index is -0.608. The largest absolute Gasteiger partial charge is 0.423 e. The number of amides is 1. The highest BCUT2D eigenvalue weighted by Gasteiger charge is 2.12. The maximum Gasteiger partial charge on any atom is 0.308 e. The zero-order valence-corrected chi connectivity index (χ0v) is 17.3. The van der Waals surface area contributed by atoms with Crippen molar-refractivity contribution in [2.24, 2.45) is 0 Å². The van der Waals surface area contributed by atoms with Crippen molar-refractivity contribution in [3.05, 3.63) is 65.2 Å². The summed E-state index contributed by atoms with van der Waals surface area (Å²) in [7, 11) is 0. The number of rotatable bonds is 7. The molecule has 2 aromatic carbocycles. The third kappa shape index (κ3) is 7.01. The van der Waals surface area contributed by atoms with Gasteiger partial charge in [0.15, 0.2) is 17.3 Å². The molecule has 1 N–H and O–H groups in total. The average Bonchev–Trinajstić information content (AvgIpc) is 2.64. The van der Waals surface area contributed by atoms with Crippen molar-refractivity contribution in [3.8, 4) is 11.5 Å². The zero-order chi connectivity index (χ0) is 22.3. The van der Waals surface area contributed by atoms with Crippen LogP contribution in [0.25, 0.3) is 0 Å². The summed E-state index contributed by atoms with van der Waals surface area (Å²) in [4.78, 5) is 46.6. The third-order valence-corrected chi connectivity index (χ3v) is 4.09. The van der Waals surface area contributed by atoms with Crippen LogP contribution in [-0.2, 0) is 25.6 Å². The van der Waals surface area contributed by atoms with Gasteiger partial charge < -0.3 is 14.8 Å². The maximum atomic E-state index is 12.1. The summed E-state index contributed by atoms with van der Waals surface area (Å²) in [6.45, 7) is 6.39. The summed E-state index contributed by atoms with van der Waals surface area (Å²) >= 11 is 0. The molecule has 0 aromatic heterocycles. The van der Waals surface area contributed by atoms with Gasteiger partial charge in [-0.05, 0) is 48.7 Å². The molecule has 0 fully saturated rings. The summed E-state index contributed by atoms with van der Waals surface area (Å²) in [5.74, 6) is -1.88. The van der Waals surface area contributed by atoms with Crippen LogP contribution in [0.5, 0.6) is 11.5 Å². The molecule has 1 amide bonds. The smallest absolute Gasteiger partial charge is 0.308 e. The molecule has 0 saturated heterocycles. The number of allylic oxidation sites excluding steroid dienone is 1. The number of ether oxygens (including phenoxy) is 2. The van der Waals surface area contributed by atoms with E-state index in [-0.39, 0.29) is 23.7 Å². The molecule has 2 rings (SSSR count). The molecule has 0 bridgehead atoms. The summed E-state index contributed by atoms with van der Waals surface area (Å²) in [6.07, 6.45) is 2.54. The fraction of sp³-hybridized carbons (Fsp3) is 0.217. The SMILES string of the molecule is CC(=O)Oc1ccc(NC(=O)/C=C/C(=O)Cc2ccc(C)c(C)c2)cc1OC(C)=O. The third-order valence-electron chi connectivity index (χ3n) is 4.09. The van der Waals surface area contributed by atoms with Crippen LogP contribution in [0.4, 0.5) is 5.69 Å². The normalized spacial score (nSPS) is 10.5. The maximum absolute atomic E-state index is 12.1. The molecular weight excluding hydrogens is 386 g/mol. The van der Waals surface area contributed by atoms with Crippen molar-refractivity contribution in [3.63, 3.8) is 0 Å². The fourth-order valence-electron chi connectivity index (χ4n) is 2.59. The summed E-state index contributed by atoms with van der Waals surface area (Å²) < 4.78 is 9.98. The number of aryl methyl sites for hydroxylation is 2. The lowest BCUT2D eigenvalue weighted by atomic mass is 10.0. The molecule has 0 aliphatic carbocycles. The topological polar surface area (TPSA) is 98.8 Å². The number of hydrogen-bond donors (Lipinski definition) is 1. The van der Waals surface area contributed by atoms with Gasteiger partial charge in [0, 0.05) is 38.1 Å². The van der Waals surface area contributed by atoms with Crippen LogP contribution in [0.3, 0.4) is 0 Å². The Morgan fingerprint density at radius 1 is 0.833 bits per heavy atom. The fourth-order valence-corrected chi connectivity index (χ4v) is 2.59. The first-order valence-electron chi connectivity index (χ1n) is 9.23. The van der Waals surface area contributed by atoms with Crippen molar-refractivity contribution in [1.29, 1.82) is 0 Å². The molecule has 0 aliphatic heterocycles. The van der Waals surface area contributed by atoms with E-state index in [4.69, 9.17) is 9.47 Å². The quantitative estimate of drug-likeness (QED) is 0.427. The first-order valence-corrected chi connectivity index (χ1v) is 9.23. The van der Waals surface area contributed by atoms with Crippen LogP contribution >= 0.6 is 0 Å². The lowest BCUT2D eigenvalue weighted by Gasteiger charge is -2.10. The van der Waals surface area contributed by atoms with E-state index in [1.165, 1.54) is 38.1 Å². The molecule has 30 heavy (non-hydrogen) atoms. The number of benzene rings is 2. The number of carbonyl (C=O) groups is 4. The number of ketones is 1. The molecule has 0 radical (unpaired) electrons. The lowest BCUT2D eigenvalue weighted by molar-refractivity contribution is -0.134. The minimum Gasteiger partial charge on any atom is -0.423 e. The number of nitrogens with one attached hydrogen (secondary N) is 1. The van der Waals surface area contributed by atoms with Gasteiger partial charge in [0.25, 0.3) is 0 Å². The Hall–Kier alpha value is -3.74. The van der Waals surface area contributed by atoms with Crippen LogP contribution in [0.1, 0.15) is 30.5 Å². The average molecular weight is 409 g/mol. The van der Waals surface area contributed by atoms with Gasteiger partial charge in [-0.2, -0.15) is 0 Å². The van der Waals surface area contributed by atoms with E-state index in [1.54, 1.807) is 0 Å². The van der Waals surface area contributed by atoms with E-state index in [9.17, 15) is 19.2 Å². The van der Waals surface area contributed by atoms with Gasteiger partial charge in [0.05, 0.1) is 0 Å². The van der Waals surface area contributed by atoms with Gasteiger partial charge in [-0.25, -0.2) is 0 Å². The van der Waals surface area contributed by atoms with Crippen LogP contribution in [0.2, 0.25) is 0 Å². The Morgan fingerprint density at radius 2 is 1.50 bits per heavy atom. The Kier molecular flexibility index (Phi) is 7.63. The summed E-state index contributed by atoms with van der Waals surface area (Å²) in [5.41, 5.74) is 3.43. The Bertz CT molecular complexity index is 1020. The number of anilines is 1. The molecule has 0 aliphatic rings. The van der Waals surface area contributed by atoms with Crippen molar-refractivity contribution >= 4 is 29.3 Å². The highest BCUT2D eigenvalue weighted by molar-refractivity contribution is 6.04. The van der Waals surface area contributed by atoms with Crippen molar-refractivity contribution < 1.29 is 28.7 Å². The second-order valence-corrected chi connectivity index (χ2v) is 6.73. The molecule has 0 atom stereocenters. The van der Waals surface area contributed by atoms with Crippen molar-refractivity contribution in [2.45, 2.75) is 34.1 Å². The molecule has 0 unspecified atom stereocenters. The lowest BCUT2D eigenvalue weighted by Crippen LogP contribution is -2.11. The predicted octanol–water partition coefficient (Wildman–Crippen LogP) is 3.46. The van der Waals surface area contributed by atoms with Crippen LogP contribution in [-0.4, -0.2) is 23.6 Å². The van der Waals surface area contributed by atoms with E-state index >= 15 is 0 Å². The first kappa shape index (κ1) is 22.5. The highest BCUT2D eigenvalue weighted by atomic mass is 16.6. The minimum absolute atomic E-state index is 0.00898. The summed E-state index contributed by atoms with van der Waals surface area (Å²) in [6, 6.07) is 10.0. The van der Waals surface area contributed by atoms with Gasteiger partial charge >= 0.3 is 11.9 Å². The Balaban J connectivity index is 2.03. The highest BCUT2D eigenvalue weighted by Crippen LogP contribution is 2.31. The Morgan fingerprint density at radius 3 is 2.13 bits per heavy atom. The van der Waals surface area contributed by atoms with Gasteiger partial charge in [-0.3, -0.25) is 19.2 Å². The second-order valence-electron chi connectivity index (χ2n) is 6.73.